The predicted octanol–water partition coefficient (Wildman–Crippen LogP) is 1.47. The molecule has 0 spiro atoms. The van der Waals surface area contributed by atoms with E-state index in [9.17, 15) is 15.0 Å². The summed E-state index contributed by atoms with van der Waals surface area (Å²) >= 11 is 0. The maximum absolute atomic E-state index is 12.3. The number of hydrogen-bond donors (Lipinski definition) is 3. The topological polar surface area (TPSA) is 146 Å². The van der Waals surface area contributed by atoms with Gasteiger partial charge in [0.05, 0.1) is 6.61 Å². The first-order chi connectivity index (χ1) is 16.0. The van der Waals surface area contributed by atoms with Crippen LogP contribution in [-0.4, -0.2) is 49.8 Å². The lowest BCUT2D eigenvalue weighted by molar-refractivity contribution is -0.0831. The monoisotopic (exact) mass is 450 g/mol. The highest BCUT2D eigenvalue weighted by molar-refractivity contribution is 5.95. The number of nitrogens with two attached hydrogens (primary N) is 1. The number of anilines is 1. The molecule has 1 fully saturated rings. The molecule has 0 bridgehead atoms. The average Bonchev–Trinajstić information content (AvgIpc) is 3.41. The van der Waals surface area contributed by atoms with Crippen molar-refractivity contribution in [3.63, 3.8) is 0 Å². The van der Waals surface area contributed by atoms with Gasteiger partial charge in [0.15, 0.2) is 12.0 Å². The van der Waals surface area contributed by atoms with Crippen molar-refractivity contribution < 1.29 is 24.2 Å². The molecule has 1 saturated heterocycles. The number of hydrogen-bond acceptors (Lipinski definition) is 9. The van der Waals surface area contributed by atoms with Crippen molar-refractivity contribution >= 4 is 16.6 Å². The third-order valence-corrected chi connectivity index (χ3v) is 5.66. The first-order valence-corrected chi connectivity index (χ1v) is 10.4. The fraction of sp³-hybridized carbons (Fsp3) is 0.261. The molecule has 5 rings (SSSR count). The number of aliphatic hydroxyl groups excluding tert-OH is 2. The van der Waals surface area contributed by atoms with Crippen LogP contribution in [0.4, 0.5) is 5.82 Å². The van der Waals surface area contributed by atoms with Crippen molar-refractivity contribution in [2.45, 2.75) is 31.1 Å². The Labute approximate surface area is 187 Å². The molecule has 170 valence electrons. The Kier molecular flexibility index (Phi) is 5.65. The number of aliphatic hydroxyl groups is 2. The molecular formula is C23H22N4O6. The van der Waals surface area contributed by atoms with Gasteiger partial charge in [0.25, 0.3) is 0 Å². The first-order valence-electron chi connectivity index (χ1n) is 10.4. The van der Waals surface area contributed by atoms with Crippen LogP contribution in [0.5, 0.6) is 0 Å². The smallest absolute Gasteiger partial charge is 0.351 e. The highest BCUT2D eigenvalue weighted by Gasteiger charge is 2.45. The van der Waals surface area contributed by atoms with Gasteiger partial charge in [-0.1, -0.05) is 47.6 Å². The van der Waals surface area contributed by atoms with Crippen LogP contribution < -0.4 is 11.4 Å². The summed E-state index contributed by atoms with van der Waals surface area (Å²) in [5.74, 6) is 0.493. The Morgan fingerprint density at radius 2 is 1.97 bits per heavy atom. The fourth-order valence-electron chi connectivity index (χ4n) is 4.03. The second-order valence-electron chi connectivity index (χ2n) is 7.76. The minimum Gasteiger partial charge on any atom is -0.394 e. The summed E-state index contributed by atoms with van der Waals surface area (Å²) in [6, 6.07) is 17.1. The van der Waals surface area contributed by atoms with Crippen LogP contribution in [0.2, 0.25) is 0 Å². The number of aromatic nitrogens is 3. The molecule has 4 aromatic rings. The third-order valence-electron chi connectivity index (χ3n) is 5.66. The third kappa shape index (κ3) is 4.00. The zero-order chi connectivity index (χ0) is 22.9. The summed E-state index contributed by atoms with van der Waals surface area (Å²) in [6.45, 7) is -0.475. The van der Waals surface area contributed by atoms with Crippen molar-refractivity contribution in [3.05, 3.63) is 77.0 Å². The number of nitrogens with zero attached hydrogens (tertiary/aromatic N) is 3. The molecule has 4 N–H and O–H groups in total. The number of ether oxygens (including phenoxy) is 2. The molecule has 0 unspecified atom stereocenters. The molecule has 2 aromatic carbocycles. The van der Waals surface area contributed by atoms with Crippen molar-refractivity contribution in [3.8, 4) is 11.3 Å². The SMILES string of the molecule is Nc1ccn([C@@H]2O[C@H](CO)[C@@H](O)[C@H]2OCc2cc(-c3cccc4ccccc34)no2)c(=O)n1. The molecule has 3 heterocycles. The highest BCUT2D eigenvalue weighted by Crippen LogP contribution is 2.32. The standard InChI is InChI=1S/C23H22N4O6/c24-19-8-9-27(23(30)25-19)22-21(20(29)18(11-28)32-22)31-12-14-10-17(26-33-14)16-7-3-5-13-4-1-2-6-15(13)16/h1-10,18,20-22,28-29H,11-12H2,(H2,24,25,30)/t18-,20-,21-,22-/m1/s1. The first kappa shape index (κ1) is 21.3. The molecule has 1 aliphatic heterocycles. The second-order valence-corrected chi connectivity index (χ2v) is 7.76. The van der Waals surface area contributed by atoms with E-state index in [0.29, 0.717) is 11.5 Å². The van der Waals surface area contributed by atoms with Gasteiger partial charge in [-0.3, -0.25) is 4.57 Å². The maximum Gasteiger partial charge on any atom is 0.351 e. The number of fused-ring (bicyclic) bond motifs is 1. The average molecular weight is 450 g/mol. The molecule has 0 aliphatic carbocycles. The minimum absolute atomic E-state index is 0.0331. The van der Waals surface area contributed by atoms with Crippen LogP contribution >= 0.6 is 0 Å². The van der Waals surface area contributed by atoms with E-state index in [2.05, 4.69) is 10.1 Å². The van der Waals surface area contributed by atoms with Crippen LogP contribution in [0.3, 0.4) is 0 Å². The van der Waals surface area contributed by atoms with Gasteiger partial charge in [0, 0.05) is 17.8 Å². The molecule has 0 radical (unpaired) electrons. The van der Waals surface area contributed by atoms with Gasteiger partial charge in [0.1, 0.15) is 36.4 Å². The van der Waals surface area contributed by atoms with Crippen molar-refractivity contribution in [2.24, 2.45) is 0 Å². The highest BCUT2D eigenvalue weighted by atomic mass is 16.6. The lowest BCUT2D eigenvalue weighted by atomic mass is 10.0. The van der Waals surface area contributed by atoms with Crippen LogP contribution in [0.1, 0.15) is 12.0 Å². The Hall–Kier alpha value is -3.57. The van der Waals surface area contributed by atoms with E-state index >= 15 is 0 Å². The summed E-state index contributed by atoms with van der Waals surface area (Å²) in [6.07, 6.45) is -2.66. The van der Waals surface area contributed by atoms with E-state index in [-0.39, 0.29) is 12.4 Å². The van der Waals surface area contributed by atoms with Gasteiger partial charge in [-0.2, -0.15) is 4.98 Å². The van der Waals surface area contributed by atoms with Gasteiger partial charge in [0.2, 0.25) is 0 Å². The van der Waals surface area contributed by atoms with Gasteiger partial charge in [-0.05, 0) is 16.8 Å². The van der Waals surface area contributed by atoms with Gasteiger partial charge in [-0.25, -0.2) is 4.79 Å². The van der Waals surface area contributed by atoms with Gasteiger partial charge >= 0.3 is 5.69 Å². The second kappa shape index (κ2) is 8.75. The number of rotatable bonds is 6. The zero-order valence-corrected chi connectivity index (χ0v) is 17.4. The predicted molar refractivity (Wildman–Crippen MR) is 118 cm³/mol. The Bertz CT molecular complexity index is 1330. The van der Waals surface area contributed by atoms with E-state index in [1.807, 2.05) is 42.5 Å². The molecule has 10 nitrogen and oxygen atoms in total. The van der Waals surface area contributed by atoms with Crippen LogP contribution in [0.15, 0.2) is 70.1 Å². The minimum atomic E-state index is -1.18. The Balaban J connectivity index is 1.37. The molecule has 10 heteroatoms. The van der Waals surface area contributed by atoms with Gasteiger partial charge in [-0.15, -0.1) is 0 Å². The summed E-state index contributed by atoms with van der Waals surface area (Å²) in [7, 11) is 0. The van der Waals surface area contributed by atoms with Crippen molar-refractivity contribution in [2.75, 3.05) is 12.3 Å². The molecule has 33 heavy (non-hydrogen) atoms. The summed E-state index contributed by atoms with van der Waals surface area (Å²) < 4.78 is 18.2. The number of nitrogen functional groups attached to an aromatic ring is 1. The van der Waals surface area contributed by atoms with Crippen molar-refractivity contribution in [1.29, 1.82) is 0 Å². The van der Waals surface area contributed by atoms with Crippen molar-refractivity contribution in [1.82, 2.24) is 14.7 Å². The zero-order valence-electron chi connectivity index (χ0n) is 17.4. The summed E-state index contributed by atoms with van der Waals surface area (Å²) in [5.41, 5.74) is 6.47. The fourth-order valence-corrected chi connectivity index (χ4v) is 4.03. The Morgan fingerprint density at radius 1 is 1.15 bits per heavy atom. The van der Waals surface area contributed by atoms with Crippen LogP contribution in [0.25, 0.3) is 22.0 Å². The normalized spacial score (nSPS) is 22.7. The van der Waals surface area contributed by atoms with E-state index in [1.54, 1.807) is 6.07 Å². The lowest BCUT2D eigenvalue weighted by Crippen LogP contribution is -2.38. The van der Waals surface area contributed by atoms with E-state index in [0.717, 1.165) is 16.3 Å². The molecule has 0 amide bonds. The van der Waals surface area contributed by atoms with E-state index < -0.39 is 36.8 Å². The van der Waals surface area contributed by atoms with E-state index in [1.165, 1.54) is 16.8 Å². The van der Waals surface area contributed by atoms with Crippen LogP contribution in [0, 0.1) is 0 Å². The van der Waals surface area contributed by atoms with E-state index in [4.69, 9.17) is 19.7 Å². The maximum atomic E-state index is 12.3. The summed E-state index contributed by atoms with van der Waals surface area (Å²) in [5, 5.41) is 26.4. The molecular weight excluding hydrogens is 428 g/mol. The molecule has 1 aliphatic rings. The summed E-state index contributed by atoms with van der Waals surface area (Å²) in [4.78, 5) is 16.0. The van der Waals surface area contributed by atoms with Gasteiger partial charge < -0.3 is 29.9 Å². The molecule has 4 atom stereocenters. The Morgan fingerprint density at radius 3 is 2.79 bits per heavy atom. The van der Waals surface area contributed by atoms with Crippen LogP contribution in [-0.2, 0) is 16.1 Å². The quantitative estimate of drug-likeness (QED) is 0.397. The molecule has 0 saturated carbocycles. The molecule has 2 aromatic heterocycles. The number of benzene rings is 2. The lowest BCUT2D eigenvalue weighted by Gasteiger charge is -2.21. The largest absolute Gasteiger partial charge is 0.394 e.